The third-order valence-electron chi connectivity index (χ3n) is 4.86. The van der Waals surface area contributed by atoms with Gasteiger partial charge in [-0.3, -0.25) is 9.69 Å². The summed E-state index contributed by atoms with van der Waals surface area (Å²) in [6.07, 6.45) is 8.25. The van der Waals surface area contributed by atoms with Gasteiger partial charge in [-0.2, -0.15) is 0 Å². The molecule has 1 saturated heterocycles. The van der Waals surface area contributed by atoms with E-state index in [0.29, 0.717) is 6.04 Å². The molecule has 0 bridgehead atoms. The lowest BCUT2D eigenvalue weighted by Crippen LogP contribution is -2.52. The van der Waals surface area contributed by atoms with Crippen molar-refractivity contribution < 1.29 is 4.79 Å². The van der Waals surface area contributed by atoms with E-state index in [-0.39, 0.29) is 11.8 Å². The van der Waals surface area contributed by atoms with E-state index in [1.165, 1.54) is 45.1 Å². The molecule has 108 valence electrons. The topological polar surface area (TPSA) is 32.3 Å². The minimum Gasteiger partial charge on any atom is -0.352 e. The number of nitrogens with zero attached hydrogens (tertiary/aromatic N) is 1. The maximum atomic E-state index is 11.9. The van der Waals surface area contributed by atoms with Crippen LogP contribution >= 0.6 is 0 Å². The molecule has 2 unspecified atom stereocenters. The van der Waals surface area contributed by atoms with Crippen LogP contribution in [0, 0.1) is 17.8 Å². The molecule has 3 aliphatic rings. The first kappa shape index (κ1) is 13.4. The van der Waals surface area contributed by atoms with Crippen LogP contribution in [0.4, 0.5) is 0 Å². The van der Waals surface area contributed by atoms with Gasteiger partial charge < -0.3 is 5.32 Å². The van der Waals surface area contributed by atoms with Gasteiger partial charge in [0, 0.05) is 31.1 Å². The zero-order valence-corrected chi connectivity index (χ0v) is 12.4. The largest absolute Gasteiger partial charge is 0.352 e. The summed E-state index contributed by atoms with van der Waals surface area (Å²) in [7, 11) is 0. The first-order chi connectivity index (χ1) is 9.11. The van der Waals surface area contributed by atoms with Crippen LogP contribution in [0.1, 0.15) is 52.4 Å². The molecule has 1 amide bonds. The molecule has 2 atom stereocenters. The van der Waals surface area contributed by atoms with E-state index < -0.39 is 0 Å². The number of nitrogens with one attached hydrogen (secondary N) is 1. The Kier molecular flexibility index (Phi) is 3.84. The number of hydrogen-bond donors (Lipinski definition) is 1. The number of carbonyl (C=O) groups excluding carboxylic acids is 1. The van der Waals surface area contributed by atoms with Gasteiger partial charge in [-0.1, -0.05) is 26.7 Å². The Morgan fingerprint density at radius 1 is 1.16 bits per heavy atom. The SMILES string of the molecule is CC(C)C(=O)NC1CC(CC2CC2)CN(C2CC2)C1. The predicted molar refractivity (Wildman–Crippen MR) is 76.8 cm³/mol. The molecule has 3 rings (SSSR count). The predicted octanol–water partition coefficient (Wildman–Crippen LogP) is 2.41. The van der Waals surface area contributed by atoms with Crippen molar-refractivity contribution in [3.05, 3.63) is 0 Å². The van der Waals surface area contributed by atoms with Gasteiger partial charge in [0.05, 0.1) is 0 Å². The molecule has 3 heteroatoms. The third kappa shape index (κ3) is 3.71. The summed E-state index contributed by atoms with van der Waals surface area (Å²) < 4.78 is 0. The van der Waals surface area contributed by atoms with E-state index in [9.17, 15) is 4.79 Å². The highest BCUT2D eigenvalue weighted by molar-refractivity contribution is 5.78. The zero-order valence-electron chi connectivity index (χ0n) is 12.4. The molecule has 0 aromatic rings. The Bertz CT molecular complexity index is 334. The second-order valence-corrected chi connectivity index (χ2v) is 7.33. The van der Waals surface area contributed by atoms with E-state index in [0.717, 1.165) is 24.4 Å². The van der Waals surface area contributed by atoms with Gasteiger partial charge in [0.15, 0.2) is 0 Å². The van der Waals surface area contributed by atoms with Gasteiger partial charge in [0.1, 0.15) is 0 Å². The summed E-state index contributed by atoms with van der Waals surface area (Å²) in [4.78, 5) is 14.6. The maximum absolute atomic E-state index is 11.9. The fourth-order valence-electron chi connectivity index (χ4n) is 3.45. The monoisotopic (exact) mass is 264 g/mol. The average molecular weight is 264 g/mol. The minimum absolute atomic E-state index is 0.109. The van der Waals surface area contributed by atoms with E-state index in [1.54, 1.807) is 0 Å². The number of carbonyl (C=O) groups is 1. The van der Waals surface area contributed by atoms with Gasteiger partial charge >= 0.3 is 0 Å². The Balaban J connectivity index is 1.56. The van der Waals surface area contributed by atoms with Crippen molar-refractivity contribution in [3.63, 3.8) is 0 Å². The molecule has 0 aromatic carbocycles. The van der Waals surface area contributed by atoms with Crippen molar-refractivity contribution >= 4 is 5.91 Å². The molecule has 2 aliphatic carbocycles. The maximum Gasteiger partial charge on any atom is 0.222 e. The molecule has 1 heterocycles. The van der Waals surface area contributed by atoms with E-state index in [4.69, 9.17) is 0 Å². The summed E-state index contributed by atoms with van der Waals surface area (Å²) in [6.45, 7) is 6.34. The molecule has 1 N–H and O–H groups in total. The second kappa shape index (κ2) is 5.43. The zero-order chi connectivity index (χ0) is 13.4. The van der Waals surface area contributed by atoms with E-state index in [1.807, 2.05) is 13.8 Å². The summed E-state index contributed by atoms with van der Waals surface area (Å²) in [5, 5.41) is 3.27. The summed E-state index contributed by atoms with van der Waals surface area (Å²) in [5.74, 6) is 2.16. The van der Waals surface area contributed by atoms with E-state index in [2.05, 4.69) is 10.2 Å². The fourth-order valence-corrected chi connectivity index (χ4v) is 3.45. The van der Waals surface area contributed by atoms with Crippen molar-refractivity contribution in [2.45, 2.75) is 64.5 Å². The molecule has 1 aliphatic heterocycles. The van der Waals surface area contributed by atoms with Crippen LogP contribution in [0.5, 0.6) is 0 Å². The van der Waals surface area contributed by atoms with Crippen molar-refractivity contribution in [3.8, 4) is 0 Å². The lowest BCUT2D eigenvalue weighted by Gasteiger charge is -2.38. The highest BCUT2D eigenvalue weighted by atomic mass is 16.1. The number of rotatable bonds is 5. The van der Waals surface area contributed by atoms with Crippen molar-refractivity contribution in [2.75, 3.05) is 13.1 Å². The Morgan fingerprint density at radius 2 is 1.89 bits per heavy atom. The van der Waals surface area contributed by atoms with Gasteiger partial charge in [0.2, 0.25) is 5.91 Å². The molecular formula is C16H28N2O. The Hall–Kier alpha value is -0.570. The molecule has 3 nitrogen and oxygen atoms in total. The van der Waals surface area contributed by atoms with E-state index >= 15 is 0 Å². The smallest absolute Gasteiger partial charge is 0.222 e. The minimum atomic E-state index is 0.109. The first-order valence-corrected chi connectivity index (χ1v) is 8.16. The standard InChI is InChI=1S/C16H28N2O/c1-11(2)16(19)17-14-8-13(7-12-3-4-12)9-18(10-14)15-5-6-15/h11-15H,3-10H2,1-2H3,(H,17,19). The number of amides is 1. The van der Waals surface area contributed by atoms with Crippen molar-refractivity contribution in [1.82, 2.24) is 10.2 Å². The molecule has 3 fully saturated rings. The highest BCUT2D eigenvalue weighted by Gasteiger charge is 2.38. The average Bonchev–Trinajstić information content (AvgIpc) is 3.22. The molecular weight excluding hydrogens is 236 g/mol. The molecule has 0 aromatic heterocycles. The normalized spacial score (nSPS) is 32.6. The number of hydrogen-bond acceptors (Lipinski definition) is 2. The van der Waals surface area contributed by atoms with Crippen LogP contribution in [-0.2, 0) is 4.79 Å². The summed E-state index contributed by atoms with van der Waals surface area (Å²) in [6, 6.07) is 1.23. The molecule has 0 spiro atoms. The van der Waals surface area contributed by atoms with Crippen molar-refractivity contribution in [1.29, 1.82) is 0 Å². The van der Waals surface area contributed by atoms with Crippen LogP contribution in [0.15, 0.2) is 0 Å². The third-order valence-corrected chi connectivity index (χ3v) is 4.86. The van der Waals surface area contributed by atoms with Gasteiger partial charge in [0.25, 0.3) is 0 Å². The Labute approximate surface area is 117 Å². The van der Waals surface area contributed by atoms with Gasteiger partial charge in [-0.25, -0.2) is 0 Å². The molecule has 19 heavy (non-hydrogen) atoms. The van der Waals surface area contributed by atoms with Crippen LogP contribution in [0.3, 0.4) is 0 Å². The van der Waals surface area contributed by atoms with Crippen LogP contribution in [0.25, 0.3) is 0 Å². The quantitative estimate of drug-likeness (QED) is 0.827. The highest BCUT2D eigenvalue weighted by Crippen LogP contribution is 2.39. The molecule has 2 saturated carbocycles. The van der Waals surface area contributed by atoms with Crippen LogP contribution in [0.2, 0.25) is 0 Å². The summed E-state index contributed by atoms with van der Waals surface area (Å²) >= 11 is 0. The first-order valence-electron chi connectivity index (χ1n) is 8.16. The fraction of sp³-hybridized carbons (Fsp3) is 0.938. The van der Waals surface area contributed by atoms with Gasteiger partial charge in [-0.05, 0) is 37.5 Å². The van der Waals surface area contributed by atoms with Crippen LogP contribution < -0.4 is 5.32 Å². The second-order valence-electron chi connectivity index (χ2n) is 7.33. The lowest BCUT2D eigenvalue weighted by atomic mass is 9.89. The van der Waals surface area contributed by atoms with Crippen molar-refractivity contribution in [2.24, 2.45) is 17.8 Å². The lowest BCUT2D eigenvalue weighted by molar-refractivity contribution is -0.125. The van der Waals surface area contributed by atoms with Crippen LogP contribution in [-0.4, -0.2) is 36.0 Å². The summed E-state index contributed by atoms with van der Waals surface area (Å²) in [5.41, 5.74) is 0. The Morgan fingerprint density at radius 3 is 2.47 bits per heavy atom. The molecule has 0 radical (unpaired) electrons. The number of piperidine rings is 1. The van der Waals surface area contributed by atoms with Gasteiger partial charge in [-0.15, -0.1) is 0 Å². The number of likely N-dealkylation sites (tertiary alicyclic amines) is 1.